The first-order valence-electron chi connectivity index (χ1n) is 8.61. The van der Waals surface area contributed by atoms with Crippen molar-refractivity contribution in [1.82, 2.24) is 24.7 Å². The maximum Gasteiger partial charge on any atom is 0.228 e. The third-order valence-electron chi connectivity index (χ3n) is 4.68. The van der Waals surface area contributed by atoms with Crippen LogP contribution in [0.3, 0.4) is 0 Å². The molecule has 1 N–H and O–H groups in total. The number of rotatable bonds is 3. The van der Waals surface area contributed by atoms with Gasteiger partial charge in [0.15, 0.2) is 11.6 Å². The molecule has 0 bridgehead atoms. The largest absolute Gasteiger partial charge is 0.339 e. The van der Waals surface area contributed by atoms with E-state index in [1.807, 2.05) is 9.47 Å². The van der Waals surface area contributed by atoms with E-state index in [-0.39, 0.29) is 5.82 Å². The minimum Gasteiger partial charge on any atom is -0.339 e. The van der Waals surface area contributed by atoms with Crippen LogP contribution in [0.1, 0.15) is 11.5 Å². The van der Waals surface area contributed by atoms with E-state index in [4.69, 9.17) is 0 Å². The molecule has 0 radical (unpaired) electrons. The summed E-state index contributed by atoms with van der Waals surface area (Å²) >= 11 is 0. The summed E-state index contributed by atoms with van der Waals surface area (Å²) in [6.07, 6.45) is 2.36. The Hall–Kier alpha value is -2.88. The molecule has 0 saturated carbocycles. The van der Waals surface area contributed by atoms with Gasteiger partial charge in [0.1, 0.15) is 17.0 Å². The van der Waals surface area contributed by atoms with E-state index in [1.54, 1.807) is 18.5 Å². The van der Waals surface area contributed by atoms with E-state index in [0.29, 0.717) is 41.1 Å². The van der Waals surface area contributed by atoms with Gasteiger partial charge >= 0.3 is 0 Å². The normalized spacial score (nSPS) is 18.3. The molecule has 1 aromatic carbocycles. The summed E-state index contributed by atoms with van der Waals surface area (Å²) in [5.74, 6) is 2.07. The predicted octanol–water partition coefficient (Wildman–Crippen LogP) is 1.63. The maximum absolute atomic E-state index is 13.5. The number of fused-ring (bicyclic) bond motifs is 2. The van der Waals surface area contributed by atoms with Gasteiger partial charge in [-0.15, -0.1) is 10.2 Å². The predicted molar refractivity (Wildman–Crippen MR) is 97.8 cm³/mol. The number of hydrogen-bond acceptors (Lipinski definition) is 7. The number of nitrogens with zero attached hydrogens (tertiary/aromatic N) is 6. The Morgan fingerprint density at radius 2 is 2.15 bits per heavy atom. The zero-order chi connectivity index (χ0) is 18.4. The highest BCUT2D eigenvalue weighted by Crippen LogP contribution is 2.32. The molecule has 2 aliphatic rings. The van der Waals surface area contributed by atoms with Crippen LogP contribution in [0.15, 0.2) is 35.5 Å². The summed E-state index contributed by atoms with van der Waals surface area (Å²) in [6.45, 7) is 2.04. The molecule has 10 heteroatoms. The van der Waals surface area contributed by atoms with E-state index in [9.17, 15) is 8.60 Å². The standard InChI is InChI=1S/C17H16FN7OS/c18-11-2-1-3-12(8-11)20-16-15-13(4-7-27(15)26)21-17(22-16)24-5-6-25-10-19-23-14(25)9-24/h1-3,8,10H,4-7,9H2,(H,20,21,22). The second-order valence-electron chi connectivity index (χ2n) is 6.45. The second kappa shape index (κ2) is 6.38. The van der Waals surface area contributed by atoms with Crippen LogP contribution in [0, 0.1) is 5.82 Å². The van der Waals surface area contributed by atoms with Gasteiger partial charge in [0, 0.05) is 31.0 Å². The molecular formula is C17H16FN7OS. The van der Waals surface area contributed by atoms with Crippen molar-refractivity contribution in [1.29, 1.82) is 0 Å². The van der Waals surface area contributed by atoms with Crippen LogP contribution in [-0.4, -0.2) is 41.2 Å². The lowest BCUT2D eigenvalue weighted by Gasteiger charge is -2.27. The van der Waals surface area contributed by atoms with Gasteiger partial charge in [0.25, 0.3) is 0 Å². The van der Waals surface area contributed by atoms with Gasteiger partial charge < -0.3 is 14.8 Å². The monoisotopic (exact) mass is 385 g/mol. The molecule has 8 nitrogen and oxygen atoms in total. The first-order chi connectivity index (χ1) is 13.2. The highest BCUT2D eigenvalue weighted by atomic mass is 32.2. The van der Waals surface area contributed by atoms with Crippen molar-refractivity contribution in [3.63, 3.8) is 0 Å². The van der Waals surface area contributed by atoms with Crippen LogP contribution in [0.5, 0.6) is 0 Å². The van der Waals surface area contributed by atoms with Gasteiger partial charge in [-0.1, -0.05) is 6.07 Å². The van der Waals surface area contributed by atoms with Crippen LogP contribution >= 0.6 is 0 Å². The summed E-state index contributed by atoms with van der Waals surface area (Å²) < 4.78 is 28.0. The smallest absolute Gasteiger partial charge is 0.228 e. The zero-order valence-electron chi connectivity index (χ0n) is 14.3. The van der Waals surface area contributed by atoms with Gasteiger partial charge in [0.05, 0.1) is 23.0 Å². The van der Waals surface area contributed by atoms with Crippen molar-refractivity contribution >= 4 is 28.3 Å². The molecule has 138 valence electrons. The Bertz CT molecular complexity index is 1050. The molecule has 0 saturated heterocycles. The number of benzene rings is 1. The third kappa shape index (κ3) is 2.95. The van der Waals surface area contributed by atoms with Crippen molar-refractivity contribution in [3.8, 4) is 0 Å². The summed E-state index contributed by atoms with van der Waals surface area (Å²) in [4.78, 5) is 11.9. The van der Waals surface area contributed by atoms with Crippen molar-refractivity contribution in [3.05, 3.63) is 47.9 Å². The topological polar surface area (TPSA) is 88.8 Å². The minimum absolute atomic E-state index is 0.345. The number of halogens is 1. The van der Waals surface area contributed by atoms with Gasteiger partial charge in [-0.2, -0.15) is 4.98 Å². The number of aromatic nitrogens is 5. The molecule has 3 aromatic rings. The van der Waals surface area contributed by atoms with Crippen molar-refractivity contribution in [2.24, 2.45) is 0 Å². The quantitative estimate of drug-likeness (QED) is 0.733. The lowest BCUT2D eigenvalue weighted by Crippen LogP contribution is -2.35. The van der Waals surface area contributed by atoms with Crippen LogP contribution in [0.2, 0.25) is 0 Å². The number of hydrogen-bond donors (Lipinski definition) is 1. The van der Waals surface area contributed by atoms with E-state index in [1.165, 1.54) is 12.1 Å². The Morgan fingerprint density at radius 1 is 1.22 bits per heavy atom. The summed E-state index contributed by atoms with van der Waals surface area (Å²) in [5, 5.41) is 11.2. The molecular weight excluding hydrogens is 369 g/mol. The highest BCUT2D eigenvalue weighted by Gasteiger charge is 2.28. The molecule has 2 aromatic heterocycles. The fraction of sp³-hybridized carbons (Fsp3) is 0.294. The Labute approximate surface area is 156 Å². The van der Waals surface area contributed by atoms with E-state index in [0.717, 1.165) is 24.6 Å². The molecule has 1 unspecified atom stereocenters. The van der Waals surface area contributed by atoms with E-state index in [2.05, 4.69) is 25.5 Å². The SMILES string of the molecule is O=S1CCc2nc(N3CCn4cnnc4C3)nc(Nc3cccc(F)c3)c21. The number of nitrogens with one attached hydrogen (secondary N) is 1. The summed E-state index contributed by atoms with van der Waals surface area (Å²) in [7, 11) is -1.16. The first-order valence-corrected chi connectivity index (χ1v) is 9.93. The number of anilines is 3. The van der Waals surface area contributed by atoms with Crippen molar-refractivity contribution < 1.29 is 8.60 Å². The number of aryl methyl sites for hydroxylation is 1. The van der Waals surface area contributed by atoms with Gasteiger partial charge in [0.2, 0.25) is 5.95 Å². The second-order valence-corrected chi connectivity index (χ2v) is 7.95. The fourth-order valence-corrected chi connectivity index (χ4v) is 4.66. The van der Waals surface area contributed by atoms with E-state index >= 15 is 0 Å². The van der Waals surface area contributed by atoms with Crippen LogP contribution in [-0.2, 0) is 30.3 Å². The third-order valence-corrected chi connectivity index (χ3v) is 6.14. The maximum atomic E-state index is 13.5. The average molecular weight is 385 g/mol. The fourth-order valence-electron chi connectivity index (χ4n) is 3.35. The van der Waals surface area contributed by atoms with Gasteiger partial charge in [-0.05, 0) is 18.2 Å². The lowest BCUT2D eigenvalue weighted by molar-refractivity contribution is 0.550. The first kappa shape index (κ1) is 16.3. The van der Waals surface area contributed by atoms with Crippen molar-refractivity contribution in [2.75, 3.05) is 22.5 Å². The molecule has 0 aliphatic carbocycles. The molecule has 27 heavy (non-hydrogen) atoms. The van der Waals surface area contributed by atoms with Crippen molar-refractivity contribution in [2.45, 2.75) is 24.4 Å². The lowest BCUT2D eigenvalue weighted by atomic mass is 10.3. The van der Waals surface area contributed by atoms with Gasteiger partial charge in [-0.3, -0.25) is 4.21 Å². The zero-order valence-corrected chi connectivity index (χ0v) is 15.1. The van der Waals surface area contributed by atoms with E-state index < -0.39 is 10.8 Å². The Kier molecular flexibility index (Phi) is 3.85. The Morgan fingerprint density at radius 3 is 3.04 bits per heavy atom. The van der Waals surface area contributed by atoms with Crippen LogP contribution in [0.4, 0.5) is 21.8 Å². The summed E-state index contributed by atoms with van der Waals surface area (Å²) in [5.41, 5.74) is 1.34. The molecule has 2 aliphatic heterocycles. The average Bonchev–Trinajstić information content (AvgIpc) is 3.28. The Balaban J connectivity index is 1.53. The molecule has 1 atom stereocenters. The molecule has 0 amide bonds. The summed E-state index contributed by atoms with van der Waals surface area (Å²) in [6, 6.07) is 6.13. The highest BCUT2D eigenvalue weighted by molar-refractivity contribution is 7.85. The van der Waals surface area contributed by atoms with Crippen LogP contribution < -0.4 is 10.2 Å². The molecule has 4 heterocycles. The molecule has 0 spiro atoms. The minimum atomic E-state index is -1.16. The molecule has 5 rings (SSSR count). The molecule has 0 fully saturated rings. The van der Waals surface area contributed by atoms with Gasteiger partial charge in [-0.25, -0.2) is 9.37 Å². The van der Waals surface area contributed by atoms with Crippen LogP contribution in [0.25, 0.3) is 0 Å².